The number of hydrogen-bond donors (Lipinski definition) is 1. The summed E-state index contributed by atoms with van der Waals surface area (Å²) in [5.74, 6) is 0.433. The molecule has 116 valence electrons. The quantitative estimate of drug-likeness (QED) is 0.870. The molecule has 1 heterocycles. The summed E-state index contributed by atoms with van der Waals surface area (Å²) in [6.45, 7) is 3.61. The minimum absolute atomic E-state index is 0.0136. The molecule has 0 aliphatic carbocycles. The van der Waals surface area contributed by atoms with E-state index >= 15 is 0 Å². The lowest BCUT2D eigenvalue weighted by Crippen LogP contribution is -2.43. The van der Waals surface area contributed by atoms with E-state index in [-0.39, 0.29) is 23.5 Å². The highest BCUT2D eigenvalue weighted by molar-refractivity contribution is 9.10. The predicted molar refractivity (Wildman–Crippen MR) is 84.2 cm³/mol. The van der Waals surface area contributed by atoms with Crippen LogP contribution in [0.3, 0.4) is 0 Å². The summed E-state index contributed by atoms with van der Waals surface area (Å²) in [6, 6.07) is 5.29. The Bertz CT molecular complexity index is 644. The molecule has 7 heteroatoms. The van der Waals surface area contributed by atoms with Crippen LogP contribution in [0.15, 0.2) is 22.7 Å². The number of benzene rings is 1. The van der Waals surface area contributed by atoms with Gasteiger partial charge in [-0.15, -0.1) is 0 Å². The Morgan fingerprint density at radius 1 is 1.48 bits per heavy atom. The van der Waals surface area contributed by atoms with E-state index < -0.39 is 15.9 Å². The fourth-order valence-corrected chi connectivity index (χ4v) is 4.43. The van der Waals surface area contributed by atoms with Crippen molar-refractivity contribution in [1.82, 2.24) is 5.32 Å². The molecule has 21 heavy (non-hydrogen) atoms. The molecule has 0 saturated carbocycles. The van der Waals surface area contributed by atoms with Gasteiger partial charge in [-0.05, 0) is 53.9 Å². The highest BCUT2D eigenvalue weighted by atomic mass is 79.9. The molecule has 1 aromatic rings. The second-order valence-electron chi connectivity index (χ2n) is 5.30. The van der Waals surface area contributed by atoms with Crippen molar-refractivity contribution in [1.29, 1.82) is 0 Å². The fourth-order valence-electron chi connectivity index (χ4n) is 2.17. The minimum atomic E-state index is -3.00. The molecule has 5 nitrogen and oxygen atoms in total. The Morgan fingerprint density at radius 2 is 2.19 bits per heavy atom. The maximum Gasteiger partial charge on any atom is 0.261 e. The van der Waals surface area contributed by atoms with E-state index in [1.807, 2.05) is 19.1 Å². The average molecular weight is 376 g/mol. The first kappa shape index (κ1) is 16.3. The number of nitrogens with one attached hydrogen (secondary N) is 1. The van der Waals surface area contributed by atoms with Gasteiger partial charge in [-0.2, -0.15) is 0 Å². The summed E-state index contributed by atoms with van der Waals surface area (Å²) >= 11 is 3.39. The van der Waals surface area contributed by atoms with E-state index in [1.54, 1.807) is 13.0 Å². The first-order valence-corrected chi connectivity index (χ1v) is 9.32. The van der Waals surface area contributed by atoms with Crippen LogP contribution in [0.5, 0.6) is 5.75 Å². The summed E-state index contributed by atoms with van der Waals surface area (Å²) in [4.78, 5) is 12.0. The summed E-state index contributed by atoms with van der Waals surface area (Å²) < 4.78 is 29.1. The average Bonchev–Trinajstić information content (AvgIpc) is 2.72. The Morgan fingerprint density at radius 3 is 2.76 bits per heavy atom. The number of hydrogen-bond acceptors (Lipinski definition) is 4. The van der Waals surface area contributed by atoms with Crippen LogP contribution in [0.2, 0.25) is 0 Å². The summed E-state index contributed by atoms with van der Waals surface area (Å²) in [7, 11) is -3.00. The normalized spacial score (nSPS) is 21.8. The molecule has 2 rings (SSSR count). The van der Waals surface area contributed by atoms with Gasteiger partial charge in [0.2, 0.25) is 0 Å². The fraction of sp³-hybridized carbons (Fsp3) is 0.500. The molecular formula is C14H18BrNO4S. The van der Waals surface area contributed by atoms with Crippen LogP contribution in [0.25, 0.3) is 0 Å². The lowest BCUT2D eigenvalue weighted by atomic mass is 10.2. The number of sulfone groups is 1. The van der Waals surface area contributed by atoms with Gasteiger partial charge in [0, 0.05) is 6.04 Å². The van der Waals surface area contributed by atoms with Gasteiger partial charge in [-0.25, -0.2) is 8.42 Å². The minimum Gasteiger partial charge on any atom is -0.480 e. The number of ether oxygens (including phenoxy) is 1. The summed E-state index contributed by atoms with van der Waals surface area (Å²) in [5, 5.41) is 2.73. The lowest BCUT2D eigenvalue weighted by molar-refractivity contribution is -0.127. The van der Waals surface area contributed by atoms with Crippen LogP contribution in [-0.4, -0.2) is 38.0 Å². The molecule has 1 amide bonds. The third-order valence-corrected chi connectivity index (χ3v) is 5.73. The smallest absolute Gasteiger partial charge is 0.261 e. The van der Waals surface area contributed by atoms with Crippen LogP contribution in [-0.2, 0) is 14.6 Å². The van der Waals surface area contributed by atoms with Gasteiger partial charge < -0.3 is 10.1 Å². The van der Waals surface area contributed by atoms with Crippen LogP contribution < -0.4 is 10.1 Å². The number of halogens is 1. The topological polar surface area (TPSA) is 72.5 Å². The van der Waals surface area contributed by atoms with Crippen LogP contribution in [0, 0.1) is 6.92 Å². The number of amides is 1. The maximum absolute atomic E-state index is 12.0. The Kier molecular flexibility index (Phi) is 4.93. The van der Waals surface area contributed by atoms with E-state index in [4.69, 9.17) is 4.74 Å². The third-order valence-electron chi connectivity index (χ3n) is 3.34. The highest BCUT2D eigenvalue weighted by Gasteiger charge is 2.30. The van der Waals surface area contributed by atoms with Crippen LogP contribution in [0.4, 0.5) is 0 Å². The number of carbonyl (C=O) groups excluding carboxylic acids is 1. The monoisotopic (exact) mass is 375 g/mol. The second kappa shape index (κ2) is 6.36. The van der Waals surface area contributed by atoms with Crippen LogP contribution in [0.1, 0.15) is 18.9 Å². The molecule has 0 bridgehead atoms. The predicted octanol–water partition coefficient (Wildman–Crippen LogP) is 1.83. The van der Waals surface area contributed by atoms with E-state index in [0.717, 1.165) is 10.0 Å². The molecule has 1 aliphatic heterocycles. The van der Waals surface area contributed by atoms with Crippen LogP contribution >= 0.6 is 15.9 Å². The van der Waals surface area contributed by atoms with Crippen molar-refractivity contribution in [2.45, 2.75) is 32.4 Å². The molecule has 0 unspecified atom stereocenters. The molecule has 1 aliphatic rings. The molecular weight excluding hydrogens is 358 g/mol. The van der Waals surface area contributed by atoms with E-state index in [1.165, 1.54) is 0 Å². The van der Waals surface area contributed by atoms with Crippen molar-refractivity contribution in [2.24, 2.45) is 0 Å². The third kappa shape index (κ3) is 4.44. The summed E-state index contributed by atoms with van der Waals surface area (Å²) in [5.41, 5.74) is 1.09. The molecule has 1 aromatic carbocycles. The van der Waals surface area contributed by atoms with Crippen molar-refractivity contribution < 1.29 is 17.9 Å². The molecule has 0 spiro atoms. The van der Waals surface area contributed by atoms with Crippen molar-refractivity contribution in [2.75, 3.05) is 11.5 Å². The van der Waals surface area contributed by atoms with E-state index in [0.29, 0.717) is 12.2 Å². The maximum atomic E-state index is 12.0. The van der Waals surface area contributed by atoms with Gasteiger partial charge >= 0.3 is 0 Å². The Balaban J connectivity index is 1.94. The SMILES string of the molecule is Cc1ccc(O[C@@H](C)C(=O)N[C@@H]2CCS(=O)(=O)C2)c(Br)c1. The Hall–Kier alpha value is -1.08. The van der Waals surface area contributed by atoms with Gasteiger partial charge in [-0.3, -0.25) is 4.79 Å². The van der Waals surface area contributed by atoms with E-state index in [2.05, 4.69) is 21.2 Å². The van der Waals surface area contributed by atoms with Crippen molar-refractivity contribution in [3.63, 3.8) is 0 Å². The number of rotatable bonds is 4. The molecule has 0 radical (unpaired) electrons. The Labute approximate surface area is 133 Å². The first-order chi connectivity index (χ1) is 9.77. The molecule has 0 aromatic heterocycles. The van der Waals surface area contributed by atoms with E-state index in [9.17, 15) is 13.2 Å². The van der Waals surface area contributed by atoms with Gasteiger partial charge in [0.05, 0.1) is 16.0 Å². The highest BCUT2D eigenvalue weighted by Crippen LogP contribution is 2.26. The summed E-state index contributed by atoms with van der Waals surface area (Å²) in [6.07, 6.45) is -0.220. The number of carbonyl (C=O) groups is 1. The molecule has 1 fully saturated rings. The standard InChI is InChI=1S/C14H18BrNO4S/c1-9-3-4-13(12(15)7-9)20-10(2)14(17)16-11-5-6-21(18,19)8-11/h3-4,7,10-11H,5-6,8H2,1-2H3,(H,16,17)/t10-,11+/m0/s1. The van der Waals surface area contributed by atoms with Crippen molar-refractivity contribution >= 4 is 31.7 Å². The zero-order chi connectivity index (χ0) is 15.6. The first-order valence-electron chi connectivity index (χ1n) is 6.70. The zero-order valence-electron chi connectivity index (χ0n) is 11.9. The molecule has 1 N–H and O–H groups in total. The lowest BCUT2D eigenvalue weighted by Gasteiger charge is -2.18. The second-order valence-corrected chi connectivity index (χ2v) is 8.39. The van der Waals surface area contributed by atoms with Gasteiger partial charge in [0.1, 0.15) is 5.75 Å². The zero-order valence-corrected chi connectivity index (χ0v) is 14.3. The van der Waals surface area contributed by atoms with Gasteiger partial charge in [0.15, 0.2) is 15.9 Å². The van der Waals surface area contributed by atoms with Gasteiger partial charge in [0.25, 0.3) is 5.91 Å². The largest absolute Gasteiger partial charge is 0.480 e. The molecule has 2 atom stereocenters. The van der Waals surface area contributed by atoms with Crippen molar-refractivity contribution in [3.8, 4) is 5.75 Å². The van der Waals surface area contributed by atoms with Crippen molar-refractivity contribution in [3.05, 3.63) is 28.2 Å². The molecule has 1 saturated heterocycles. The van der Waals surface area contributed by atoms with Gasteiger partial charge in [-0.1, -0.05) is 6.07 Å². The number of aryl methyl sites for hydroxylation is 1.